The zero-order valence-electron chi connectivity index (χ0n) is 22.3. The van der Waals surface area contributed by atoms with Crippen molar-refractivity contribution in [3.05, 3.63) is 64.3 Å². The minimum atomic E-state index is -0.619. The van der Waals surface area contributed by atoms with E-state index in [4.69, 9.17) is 21.6 Å². The summed E-state index contributed by atoms with van der Waals surface area (Å²) < 4.78 is 5.69. The average Bonchev–Trinajstić information content (AvgIpc) is 3.18. The van der Waals surface area contributed by atoms with Crippen LogP contribution in [0.15, 0.2) is 42.6 Å². The minimum absolute atomic E-state index is 0.0130. The number of amides is 1. The molecule has 2 aliphatic heterocycles. The van der Waals surface area contributed by atoms with E-state index in [1.807, 2.05) is 38.1 Å². The monoisotopic (exact) mass is 545 g/mol. The lowest BCUT2D eigenvalue weighted by atomic mass is 9.83. The quantitative estimate of drug-likeness (QED) is 0.321. The molecule has 2 aromatic carbocycles. The predicted octanol–water partition coefficient (Wildman–Crippen LogP) is 5.43. The van der Waals surface area contributed by atoms with Gasteiger partial charge in [0.15, 0.2) is 5.82 Å². The second-order valence-corrected chi connectivity index (χ2v) is 10.9. The summed E-state index contributed by atoms with van der Waals surface area (Å²) in [5, 5.41) is 18.9. The molecule has 1 aromatic heterocycles. The predicted molar refractivity (Wildman–Crippen MR) is 153 cm³/mol. The minimum Gasteiger partial charge on any atom is -0.495 e. The van der Waals surface area contributed by atoms with E-state index < -0.39 is 5.41 Å². The van der Waals surface area contributed by atoms with Crippen molar-refractivity contribution in [1.82, 2.24) is 14.9 Å². The third-order valence-corrected chi connectivity index (χ3v) is 7.88. The van der Waals surface area contributed by atoms with Crippen LogP contribution in [-0.2, 0) is 16.8 Å². The summed E-state index contributed by atoms with van der Waals surface area (Å²) >= 11 is 6.43. The molecule has 3 heterocycles. The largest absolute Gasteiger partial charge is 0.495 e. The highest BCUT2D eigenvalue weighted by Crippen LogP contribution is 2.40. The third-order valence-electron chi connectivity index (χ3n) is 7.61. The number of hydrogen-bond donors (Lipinski definition) is 3. The van der Waals surface area contributed by atoms with Crippen molar-refractivity contribution in [2.45, 2.75) is 44.6 Å². The third kappa shape index (κ3) is 5.49. The van der Waals surface area contributed by atoms with Crippen molar-refractivity contribution in [2.75, 3.05) is 42.7 Å². The highest BCUT2D eigenvalue weighted by Gasteiger charge is 2.39. The maximum absolute atomic E-state index is 12.4. The van der Waals surface area contributed by atoms with E-state index in [0.29, 0.717) is 41.5 Å². The molecule has 0 aliphatic carbocycles. The Morgan fingerprint density at radius 2 is 2.05 bits per heavy atom. The number of likely N-dealkylation sites (tertiary alicyclic amines) is 1. The van der Waals surface area contributed by atoms with E-state index in [9.17, 15) is 4.79 Å². The van der Waals surface area contributed by atoms with Gasteiger partial charge in [-0.05, 0) is 80.6 Å². The van der Waals surface area contributed by atoms with Gasteiger partial charge < -0.3 is 20.7 Å². The van der Waals surface area contributed by atoms with E-state index in [0.717, 1.165) is 48.4 Å². The number of halogens is 1. The molecule has 1 amide bonds. The van der Waals surface area contributed by atoms with Crippen molar-refractivity contribution >= 4 is 40.6 Å². The number of anilines is 4. The zero-order valence-corrected chi connectivity index (χ0v) is 23.1. The lowest BCUT2D eigenvalue weighted by molar-refractivity contribution is -0.119. The van der Waals surface area contributed by atoms with Gasteiger partial charge in [0.05, 0.1) is 37.0 Å². The first-order valence-electron chi connectivity index (χ1n) is 13.0. The molecular weight excluding hydrogens is 514 g/mol. The van der Waals surface area contributed by atoms with Crippen LogP contribution in [-0.4, -0.2) is 47.5 Å². The smallest absolute Gasteiger partial charge is 0.234 e. The van der Waals surface area contributed by atoms with Gasteiger partial charge in [-0.15, -0.1) is 0 Å². The molecule has 9 nitrogen and oxygen atoms in total. The van der Waals surface area contributed by atoms with Crippen LogP contribution in [0, 0.1) is 11.3 Å². The van der Waals surface area contributed by atoms with Gasteiger partial charge in [0.2, 0.25) is 11.9 Å². The fourth-order valence-electron chi connectivity index (χ4n) is 5.42. The molecule has 39 heavy (non-hydrogen) atoms. The number of fused-ring (bicyclic) bond motifs is 1. The molecule has 10 heteroatoms. The van der Waals surface area contributed by atoms with E-state index in [1.165, 1.54) is 5.56 Å². The molecule has 1 saturated heterocycles. The molecule has 2 aliphatic rings. The first kappa shape index (κ1) is 26.7. The van der Waals surface area contributed by atoms with Gasteiger partial charge in [-0.25, -0.2) is 4.98 Å². The summed E-state index contributed by atoms with van der Waals surface area (Å²) in [6.45, 7) is 6.62. The van der Waals surface area contributed by atoms with Gasteiger partial charge in [0.25, 0.3) is 0 Å². The SMILES string of the molecule is COc1cc(C2CCN(CC#N)CC2)ccc1Nc1ncc(Cl)c(NCc2cccc3c2C(C)(C)C(=O)N3)n1. The van der Waals surface area contributed by atoms with E-state index in [1.54, 1.807) is 13.3 Å². The van der Waals surface area contributed by atoms with Crippen molar-refractivity contribution in [3.63, 3.8) is 0 Å². The molecule has 5 rings (SSSR count). The number of nitriles is 1. The van der Waals surface area contributed by atoms with E-state index >= 15 is 0 Å². The number of piperidine rings is 1. The van der Waals surface area contributed by atoms with Crippen LogP contribution in [0.5, 0.6) is 5.75 Å². The fraction of sp³-hybridized carbons (Fsp3) is 0.379. The summed E-state index contributed by atoms with van der Waals surface area (Å²) in [6.07, 6.45) is 3.58. The van der Waals surface area contributed by atoms with E-state index in [-0.39, 0.29) is 5.91 Å². The molecule has 202 valence electrons. The Labute approximate surface area is 233 Å². The second kappa shape index (κ2) is 11.1. The van der Waals surface area contributed by atoms with Crippen LogP contribution < -0.4 is 20.7 Å². The molecule has 0 spiro atoms. The number of ether oxygens (including phenoxy) is 1. The Balaban J connectivity index is 1.30. The lowest BCUT2D eigenvalue weighted by Gasteiger charge is -2.30. The Hall–Kier alpha value is -3.87. The van der Waals surface area contributed by atoms with Crippen LogP contribution in [0.4, 0.5) is 23.1 Å². The molecular formula is C29H32ClN7O2. The maximum Gasteiger partial charge on any atom is 0.234 e. The maximum atomic E-state index is 12.4. The first-order valence-corrected chi connectivity index (χ1v) is 13.4. The highest BCUT2D eigenvalue weighted by atomic mass is 35.5. The second-order valence-electron chi connectivity index (χ2n) is 10.5. The molecule has 0 bridgehead atoms. The number of carbonyl (C=O) groups excluding carboxylic acids is 1. The zero-order chi connectivity index (χ0) is 27.6. The Morgan fingerprint density at radius 1 is 1.26 bits per heavy atom. The van der Waals surface area contributed by atoms with Crippen LogP contribution in [0.3, 0.4) is 0 Å². The topological polar surface area (TPSA) is 115 Å². The van der Waals surface area contributed by atoms with Gasteiger partial charge in [0, 0.05) is 12.2 Å². The summed E-state index contributed by atoms with van der Waals surface area (Å²) in [5.74, 6) is 2.00. The van der Waals surface area contributed by atoms with Gasteiger partial charge in [-0.2, -0.15) is 10.2 Å². The van der Waals surface area contributed by atoms with Gasteiger partial charge in [-0.1, -0.05) is 29.8 Å². The van der Waals surface area contributed by atoms with Crippen LogP contribution in [0.1, 0.15) is 49.3 Å². The molecule has 0 radical (unpaired) electrons. The highest BCUT2D eigenvalue weighted by molar-refractivity contribution is 6.32. The number of nitrogens with zero attached hydrogens (tertiary/aromatic N) is 4. The summed E-state index contributed by atoms with van der Waals surface area (Å²) in [5.41, 5.74) is 4.17. The summed E-state index contributed by atoms with van der Waals surface area (Å²) in [7, 11) is 1.65. The number of carbonyl (C=O) groups is 1. The molecule has 0 unspecified atom stereocenters. The fourth-order valence-corrected chi connectivity index (χ4v) is 5.58. The molecule has 1 fully saturated rings. The molecule has 3 aromatic rings. The number of rotatable bonds is 8. The van der Waals surface area contributed by atoms with Crippen molar-refractivity contribution in [2.24, 2.45) is 0 Å². The van der Waals surface area contributed by atoms with Crippen molar-refractivity contribution in [3.8, 4) is 11.8 Å². The number of methoxy groups -OCH3 is 1. The standard InChI is InChI=1S/C29H32ClN7O2/c1-29(2)25-20(5-4-6-23(25)34-27(29)38)16-32-26-21(30)17-33-28(36-26)35-22-8-7-19(15-24(22)39-3)18-9-12-37(13-10-18)14-11-31/h4-8,15,17-18H,9-10,12-14,16H2,1-3H3,(H,34,38)(H2,32,33,35,36). The molecule has 3 N–H and O–H groups in total. The Kier molecular flexibility index (Phi) is 7.60. The lowest BCUT2D eigenvalue weighted by Crippen LogP contribution is -2.33. The van der Waals surface area contributed by atoms with Gasteiger partial charge in [0.1, 0.15) is 10.8 Å². The number of benzene rings is 2. The average molecular weight is 546 g/mol. The number of hydrogen-bond acceptors (Lipinski definition) is 8. The Morgan fingerprint density at radius 3 is 2.79 bits per heavy atom. The molecule has 0 saturated carbocycles. The van der Waals surface area contributed by atoms with Crippen molar-refractivity contribution in [1.29, 1.82) is 5.26 Å². The van der Waals surface area contributed by atoms with Crippen LogP contribution in [0.2, 0.25) is 5.02 Å². The van der Waals surface area contributed by atoms with Crippen molar-refractivity contribution < 1.29 is 9.53 Å². The first-order chi connectivity index (χ1) is 18.8. The van der Waals surface area contributed by atoms with E-state index in [2.05, 4.69) is 49.0 Å². The number of nitrogens with one attached hydrogen (secondary N) is 3. The molecule has 0 atom stereocenters. The summed E-state index contributed by atoms with van der Waals surface area (Å²) in [6, 6.07) is 14.2. The summed E-state index contributed by atoms with van der Waals surface area (Å²) in [4.78, 5) is 23.6. The number of aromatic nitrogens is 2. The van der Waals surface area contributed by atoms with Gasteiger partial charge in [-0.3, -0.25) is 9.69 Å². The van der Waals surface area contributed by atoms with Crippen LogP contribution >= 0.6 is 11.6 Å². The normalized spacial score (nSPS) is 16.7. The van der Waals surface area contributed by atoms with Gasteiger partial charge >= 0.3 is 0 Å². The van der Waals surface area contributed by atoms with Crippen LogP contribution in [0.25, 0.3) is 0 Å². The Bertz CT molecular complexity index is 1430.